The maximum atomic E-state index is 10.3. The number of carboxylic acids is 1. The van der Waals surface area contributed by atoms with Crippen molar-refractivity contribution in [1.82, 2.24) is 0 Å². The first-order valence-electron chi connectivity index (χ1n) is 3.62. The van der Waals surface area contributed by atoms with Crippen LogP contribution in [0.4, 0.5) is 0 Å². The summed E-state index contributed by atoms with van der Waals surface area (Å²) < 4.78 is 0. The molecule has 0 heterocycles. The molecule has 0 aliphatic rings. The van der Waals surface area contributed by atoms with Crippen LogP contribution in [0.1, 0.15) is 20.3 Å². The summed E-state index contributed by atoms with van der Waals surface area (Å²) >= 11 is 0. The van der Waals surface area contributed by atoms with Crippen molar-refractivity contribution in [2.24, 2.45) is 5.92 Å². The number of aliphatic carboxylic acids is 1. The molecular weight excluding hydrogens is 140 g/mol. The molecule has 2 nitrogen and oxygen atoms in total. The molecule has 1 N–H and O–H groups in total. The van der Waals surface area contributed by atoms with Gasteiger partial charge in [-0.15, -0.1) is 6.58 Å². The number of carboxylic acid groups (broad SMARTS) is 1. The Morgan fingerprint density at radius 1 is 1.64 bits per heavy atom. The number of hydrogen-bond donors (Lipinski definition) is 1. The lowest BCUT2D eigenvalue weighted by Gasteiger charge is -2.06. The van der Waals surface area contributed by atoms with Gasteiger partial charge in [-0.1, -0.05) is 25.5 Å². The lowest BCUT2D eigenvalue weighted by molar-refractivity contribution is -0.131. The Kier molecular flexibility index (Phi) is 4.27. The van der Waals surface area contributed by atoms with E-state index in [2.05, 4.69) is 6.58 Å². The van der Waals surface area contributed by atoms with Gasteiger partial charge < -0.3 is 5.11 Å². The van der Waals surface area contributed by atoms with Gasteiger partial charge in [0.15, 0.2) is 0 Å². The Morgan fingerprint density at radius 2 is 2.18 bits per heavy atom. The van der Waals surface area contributed by atoms with Gasteiger partial charge in [0.1, 0.15) is 0 Å². The van der Waals surface area contributed by atoms with Crippen molar-refractivity contribution in [2.75, 3.05) is 0 Å². The van der Waals surface area contributed by atoms with Crippen LogP contribution in [0.2, 0.25) is 0 Å². The molecule has 0 aromatic heterocycles. The van der Waals surface area contributed by atoms with Crippen molar-refractivity contribution in [3.05, 3.63) is 24.3 Å². The summed E-state index contributed by atoms with van der Waals surface area (Å²) in [5.41, 5.74) is 0.910. The SMILES string of the molecule is C=CC/C(=C\C(=O)O)C(C)C. The van der Waals surface area contributed by atoms with E-state index < -0.39 is 5.97 Å². The fraction of sp³-hybridized carbons (Fsp3) is 0.444. The van der Waals surface area contributed by atoms with Crippen molar-refractivity contribution >= 4 is 5.97 Å². The van der Waals surface area contributed by atoms with Gasteiger partial charge in [-0.2, -0.15) is 0 Å². The fourth-order valence-electron chi connectivity index (χ4n) is 0.787. The van der Waals surface area contributed by atoms with Crippen LogP contribution in [-0.2, 0) is 4.79 Å². The van der Waals surface area contributed by atoms with Gasteiger partial charge in [-0.25, -0.2) is 4.79 Å². The summed E-state index contributed by atoms with van der Waals surface area (Å²) in [5.74, 6) is -0.598. The minimum Gasteiger partial charge on any atom is -0.478 e. The van der Waals surface area contributed by atoms with E-state index in [1.54, 1.807) is 6.08 Å². The molecule has 0 saturated carbocycles. The number of hydrogen-bond acceptors (Lipinski definition) is 1. The molecule has 0 fully saturated rings. The second-order valence-electron chi connectivity index (χ2n) is 2.70. The molecule has 0 amide bonds. The van der Waals surface area contributed by atoms with E-state index in [9.17, 15) is 4.79 Å². The van der Waals surface area contributed by atoms with Crippen LogP contribution in [-0.4, -0.2) is 11.1 Å². The zero-order valence-corrected chi connectivity index (χ0v) is 7.00. The fourth-order valence-corrected chi connectivity index (χ4v) is 0.787. The number of carbonyl (C=O) groups is 1. The monoisotopic (exact) mass is 154 g/mol. The lowest BCUT2D eigenvalue weighted by atomic mass is 10.00. The Labute approximate surface area is 67.2 Å². The van der Waals surface area contributed by atoms with E-state index in [-0.39, 0.29) is 5.92 Å². The lowest BCUT2D eigenvalue weighted by Crippen LogP contribution is -1.98. The third kappa shape index (κ3) is 4.37. The highest BCUT2D eigenvalue weighted by molar-refractivity contribution is 5.80. The highest BCUT2D eigenvalue weighted by Crippen LogP contribution is 2.13. The quantitative estimate of drug-likeness (QED) is 0.498. The maximum Gasteiger partial charge on any atom is 0.328 e. The summed E-state index contributed by atoms with van der Waals surface area (Å²) in [6, 6.07) is 0. The van der Waals surface area contributed by atoms with Gasteiger partial charge in [0, 0.05) is 6.08 Å². The van der Waals surface area contributed by atoms with Gasteiger partial charge >= 0.3 is 5.97 Å². The second kappa shape index (κ2) is 4.72. The molecule has 2 heteroatoms. The summed E-state index contributed by atoms with van der Waals surface area (Å²) in [4.78, 5) is 10.3. The molecule has 0 rings (SSSR count). The molecule has 0 aromatic carbocycles. The van der Waals surface area contributed by atoms with Crippen molar-refractivity contribution in [1.29, 1.82) is 0 Å². The van der Waals surface area contributed by atoms with Gasteiger partial charge in [0.05, 0.1) is 0 Å². The molecule has 0 spiro atoms. The predicted octanol–water partition coefficient (Wildman–Crippen LogP) is 2.23. The average Bonchev–Trinajstić information content (AvgIpc) is 1.86. The molecule has 0 bridgehead atoms. The molecular formula is C9H14O2. The van der Waals surface area contributed by atoms with Crippen LogP contribution < -0.4 is 0 Å². The van der Waals surface area contributed by atoms with Gasteiger partial charge in [-0.3, -0.25) is 0 Å². The van der Waals surface area contributed by atoms with E-state index in [1.807, 2.05) is 13.8 Å². The second-order valence-corrected chi connectivity index (χ2v) is 2.70. The largest absolute Gasteiger partial charge is 0.478 e. The molecule has 0 aromatic rings. The summed E-state index contributed by atoms with van der Waals surface area (Å²) in [6.45, 7) is 7.50. The standard InChI is InChI=1S/C9H14O2/c1-4-5-8(7(2)3)6-9(10)11/h4,6-7H,1,5H2,2-3H3,(H,10,11)/b8-6+. The topological polar surface area (TPSA) is 37.3 Å². The first-order chi connectivity index (χ1) is 5.07. The van der Waals surface area contributed by atoms with Crippen LogP contribution in [0.5, 0.6) is 0 Å². The van der Waals surface area contributed by atoms with E-state index >= 15 is 0 Å². The smallest absolute Gasteiger partial charge is 0.328 e. The molecule has 0 saturated heterocycles. The van der Waals surface area contributed by atoms with Crippen molar-refractivity contribution in [3.8, 4) is 0 Å². The van der Waals surface area contributed by atoms with E-state index in [0.29, 0.717) is 6.42 Å². The average molecular weight is 154 g/mol. The highest BCUT2D eigenvalue weighted by Gasteiger charge is 2.02. The van der Waals surface area contributed by atoms with Crippen molar-refractivity contribution < 1.29 is 9.90 Å². The Morgan fingerprint density at radius 3 is 2.45 bits per heavy atom. The van der Waals surface area contributed by atoms with Crippen LogP contribution in [0.25, 0.3) is 0 Å². The van der Waals surface area contributed by atoms with Gasteiger partial charge in [0.25, 0.3) is 0 Å². The minimum atomic E-state index is -0.879. The normalized spacial score (nSPS) is 11.7. The number of allylic oxidation sites excluding steroid dienone is 2. The van der Waals surface area contributed by atoms with Gasteiger partial charge in [0.2, 0.25) is 0 Å². The molecule has 62 valence electrons. The minimum absolute atomic E-state index is 0.282. The third-order valence-corrected chi connectivity index (χ3v) is 1.43. The van der Waals surface area contributed by atoms with Crippen LogP contribution in [0, 0.1) is 5.92 Å². The van der Waals surface area contributed by atoms with Crippen LogP contribution >= 0.6 is 0 Å². The Bertz CT molecular complexity index is 178. The van der Waals surface area contributed by atoms with Crippen molar-refractivity contribution in [3.63, 3.8) is 0 Å². The van der Waals surface area contributed by atoms with Gasteiger partial charge in [-0.05, 0) is 12.3 Å². The number of rotatable bonds is 4. The summed E-state index contributed by atoms with van der Waals surface area (Å²) in [6.07, 6.45) is 3.63. The Hall–Kier alpha value is -1.05. The first-order valence-corrected chi connectivity index (χ1v) is 3.62. The van der Waals surface area contributed by atoms with Crippen molar-refractivity contribution in [2.45, 2.75) is 20.3 Å². The first kappa shape index (κ1) is 9.95. The molecule has 0 atom stereocenters. The zero-order valence-electron chi connectivity index (χ0n) is 7.00. The summed E-state index contributed by atoms with van der Waals surface area (Å²) in [5, 5.41) is 8.45. The molecule has 0 radical (unpaired) electrons. The van der Waals surface area contributed by atoms with E-state index in [0.717, 1.165) is 5.57 Å². The van der Waals surface area contributed by atoms with Crippen LogP contribution in [0.3, 0.4) is 0 Å². The predicted molar refractivity (Wildman–Crippen MR) is 45.4 cm³/mol. The third-order valence-electron chi connectivity index (χ3n) is 1.43. The maximum absolute atomic E-state index is 10.3. The Balaban J connectivity index is 4.31. The molecule has 0 aliphatic carbocycles. The van der Waals surface area contributed by atoms with E-state index in [4.69, 9.17) is 5.11 Å². The highest BCUT2D eigenvalue weighted by atomic mass is 16.4. The molecule has 0 unspecified atom stereocenters. The van der Waals surface area contributed by atoms with Crippen LogP contribution in [0.15, 0.2) is 24.3 Å². The molecule has 0 aliphatic heterocycles. The molecule has 11 heavy (non-hydrogen) atoms. The summed E-state index contributed by atoms with van der Waals surface area (Å²) in [7, 11) is 0. The zero-order chi connectivity index (χ0) is 8.85. The van der Waals surface area contributed by atoms with E-state index in [1.165, 1.54) is 6.08 Å².